The van der Waals surface area contributed by atoms with E-state index in [9.17, 15) is 10.1 Å². The van der Waals surface area contributed by atoms with Crippen molar-refractivity contribution in [3.05, 3.63) is 39.9 Å². The number of benzene rings is 1. The number of nitro groups is 1. The molecule has 0 heterocycles. The van der Waals surface area contributed by atoms with Crippen molar-refractivity contribution < 1.29 is 4.92 Å². The number of hydrogen-bond donors (Lipinski definition) is 1. The highest BCUT2D eigenvalue weighted by molar-refractivity contribution is 5.39. The third-order valence-corrected chi connectivity index (χ3v) is 3.36. The first-order valence-corrected chi connectivity index (χ1v) is 7.01. The van der Waals surface area contributed by atoms with Crippen LogP contribution >= 0.6 is 0 Å². The largest absolute Gasteiger partial charge is 0.311 e. The molecule has 0 aliphatic rings. The predicted octanol–water partition coefficient (Wildman–Crippen LogP) is 2.66. The Kier molecular flexibility index (Phi) is 6.61. The molecule has 0 bridgehead atoms. The Labute approximate surface area is 121 Å². The highest BCUT2D eigenvalue weighted by Crippen LogP contribution is 2.17. The SMILES string of the molecule is CC(C)CC(CNCc1ccccc1[N+](=O)[O-])N(C)C. The van der Waals surface area contributed by atoms with Gasteiger partial charge >= 0.3 is 0 Å². The fourth-order valence-electron chi connectivity index (χ4n) is 2.23. The average molecular weight is 279 g/mol. The van der Waals surface area contributed by atoms with Crippen LogP contribution < -0.4 is 5.32 Å². The van der Waals surface area contributed by atoms with E-state index in [2.05, 4.69) is 38.2 Å². The van der Waals surface area contributed by atoms with Gasteiger partial charge in [0.1, 0.15) is 0 Å². The minimum Gasteiger partial charge on any atom is -0.311 e. The van der Waals surface area contributed by atoms with Crippen molar-refractivity contribution in [1.82, 2.24) is 10.2 Å². The molecule has 0 fully saturated rings. The molecule has 5 nitrogen and oxygen atoms in total. The molecular formula is C15H25N3O2. The summed E-state index contributed by atoms with van der Waals surface area (Å²) in [5.74, 6) is 0.635. The number of rotatable bonds is 8. The zero-order chi connectivity index (χ0) is 15.1. The fraction of sp³-hybridized carbons (Fsp3) is 0.600. The molecule has 1 N–H and O–H groups in total. The van der Waals surface area contributed by atoms with Crippen LogP contribution in [0.3, 0.4) is 0 Å². The highest BCUT2D eigenvalue weighted by Gasteiger charge is 2.15. The lowest BCUT2D eigenvalue weighted by Gasteiger charge is -2.26. The summed E-state index contributed by atoms with van der Waals surface area (Å²) in [5.41, 5.74) is 0.921. The minimum absolute atomic E-state index is 0.185. The molecule has 1 rings (SSSR count). The number of hydrogen-bond acceptors (Lipinski definition) is 4. The number of para-hydroxylation sites is 1. The first-order chi connectivity index (χ1) is 9.41. The van der Waals surface area contributed by atoms with Gasteiger partial charge in [-0.25, -0.2) is 0 Å². The summed E-state index contributed by atoms with van der Waals surface area (Å²) in [6.07, 6.45) is 1.11. The van der Waals surface area contributed by atoms with Gasteiger partial charge in [-0.3, -0.25) is 10.1 Å². The molecule has 0 radical (unpaired) electrons. The molecule has 0 spiro atoms. The van der Waals surface area contributed by atoms with E-state index in [1.807, 2.05) is 6.07 Å². The van der Waals surface area contributed by atoms with Gasteiger partial charge in [0.15, 0.2) is 0 Å². The van der Waals surface area contributed by atoms with Crippen molar-refractivity contribution in [2.24, 2.45) is 5.92 Å². The minimum atomic E-state index is -0.325. The van der Waals surface area contributed by atoms with E-state index in [-0.39, 0.29) is 10.6 Å². The maximum atomic E-state index is 10.9. The first-order valence-electron chi connectivity index (χ1n) is 7.01. The Bertz CT molecular complexity index is 433. The summed E-state index contributed by atoms with van der Waals surface area (Å²) in [6, 6.07) is 7.33. The molecule has 1 aromatic carbocycles. The lowest BCUT2D eigenvalue weighted by Crippen LogP contribution is -2.38. The summed E-state index contributed by atoms with van der Waals surface area (Å²) >= 11 is 0. The third kappa shape index (κ3) is 5.27. The summed E-state index contributed by atoms with van der Waals surface area (Å²) in [5, 5.41) is 14.3. The summed E-state index contributed by atoms with van der Waals surface area (Å²) < 4.78 is 0. The van der Waals surface area contributed by atoms with Crippen molar-refractivity contribution in [3.63, 3.8) is 0 Å². The molecule has 1 aromatic rings. The number of nitro benzene ring substituents is 1. The summed E-state index contributed by atoms with van der Waals surface area (Å²) in [4.78, 5) is 12.8. The molecule has 0 amide bonds. The number of nitrogens with zero attached hydrogens (tertiary/aromatic N) is 2. The molecule has 0 saturated carbocycles. The quantitative estimate of drug-likeness (QED) is 0.587. The van der Waals surface area contributed by atoms with Crippen molar-refractivity contribution in [1.29, 1.82) is 0 Å². The second kappa shape index (κ2) is 7.97. The Morgan fingerprint density at radius 2 is 1.95 bits per heavy atom. The molecule has 1 unspecified atom stereocenters. The monoisotopic (exact) mass is 279 g/mol. The molecule has 0 aromatic heterocycles. The normalized spacial score (nSPS) is 12.9. The standard InChI is InChI=1S/C15H25N3O2/c1-12(2)9-14(17(3)4)11-16-10-13-7-5-6-8-15(13)18(19)20/h5-8,12,14,16H,9-11H2,1-4H3. The van der Waals surface area contributed by atoms with Gasteiger partial charge in [0.25, 0.3) is 5.69 Å². The Morgan fingerprint density at radius 1 is 1.30 bits per heavy atom. The van der Waals surface area contributed by atoms with Gasteiger partial charge in [0, 0.05) is 30.8 Å². The highest BCUT2D eigenvalue weighted by atomic mass is 16.6. The zero-order valence-electron chi connectivity index (χ0n) is 12.8. The van der Waals surface area contributed by atoms with Gasteiger partial charge in [0.05, 0.1) is 4.92 Å². The second-order valence-corrected chi connectivity index (χ2v) is 5.76. The molecule has 20 heavy (non-hydrogen) atoms. The molecule has 0 aliphatic carbocycles. The van der Waals surface area contributed by atoms with E-state index in [0.29, 0.717) is 18.5 Å². The average Bonchev–Trinajstić information content (AvgIpc) is 2.37. The third-order valence-electron chi connectivity index (χ3n) is 3.36. The molecule has 0 saturated heterocycles. The molecular weight excluding hydrogens is 254 g/mol. The molecule has 5 heteroatoms. The summed E-state index contributed by atoms with van der Waals surface area (Å²) in [7, 11) is 4.14. The Hall–Kier alpha value is -1.46. The van der Waals surface area contributed by atoms with Crippen LogP contribution in [0, 0.1) is 16.0 Å². The topological polar surface area (TPSA) is 58.4 Å². The van der Waals surface area contributed by atoms with Crippen LogP contribution in [0.5, 0.6) is 0 Å². The summed E-state index contributed by atoms with van der Waals surface area (Å²) in [6.45, 7) is 5.77. The van der Waals surface area contributed by atoms with Gasteiger partial charge in [0.2, 0.25) is 0 Å². The van der Waals surface area contributed by atoms with Crippen molar-refractivity contribution in [2.75, 3.05) is 20.6 Å². The van der Waals surface area contributed by atoms with Gasteiger partial charge in [-0.15, -0.1) is 0 Å². The maximum absolute atomic E-state index is 10.9. The van der Waals surface area contributed by atoms with E-state index < -0.39 is 0 Å². The van der Waals surface area contributed by atoms with Crippen LogP contribution in [0.15, 0.2) is 24.3 Å². The van der Waals surface area contributed by atoms with Crippen molar-refractivity contribution in [3.8, 4) is 0 Å². The van der Waals surface area contributed by atoms with E-state index in [4.69, 9.17) is 0 Å². The van der Waals surface area contributed by atoms with Crippen LogP contribution in [0.4, 0.5) is 5.69 Å². The van der Waals surface area contributed by atoms with Crippen LogP contribution in [0.25, 0.3) is 0 Å². The van der Waals surface area contributed by atoms with Gasteiger partial charge in [-0.05, 0) is 26.4 Å². The molecule has 1 atom stereocenters. The van der Waals surface area contributed by atoms with Gasteiger partial charge < -0.3 is 10.2 Å². The first kappa shape index (κ1) is 16.6. The van der Waals surface area contributed by atoms with E-state index in [0.717, 1.165) is 18.5 Å². The number of likely N-dealkylation sites (N-methyl/N-ethyl adjacent to an activating group) is 1. The lowest BCUT2D eigenvalue weighted by atomic mass is 10.0. The van der Waals surface area contributed by atoms with Crippen LogP contribution in [0.1, 0.15) is 25.8 Å². The van der Waals surface area contributed by atoms with Crippen molar-refractivity contribution >= 4 is 5.69 Å². The van der Waals surface area contributed by atoms with Crippen molar-refractivity contribution in [2.45, 2.75) is 32.9 Å². The van der Waals surface area contributed by atoms with E-state index in [1.54, 1.807) is 18.2 Å². The fourth-order valence-corrected chi connectivity index (χ4v) is 2.23. The Balaban J connectivity index is 2.57. The molecule has 0 aliphatic heterocycles. The smallest absolute Gasteiger partial charge is 0.273 e. The predicted molar refractivity (Wildman–Crippen MR) is 81.7 cm³/mol. The molecule has 112 valence electrons. The second-order valence-electron chi connectivity index (χ2n) is 5.76. The van der Waals surface area contributed by atoms with Gasteiger partial charge in [-0.2, -0.15) is 0 Å². The van der Waals surface area contributed by atoms with Gasteiger partial charge in [-0.1, -0.05) is 32.0 Å². The van der Waals surface area contributed by atoms with E-state index >= 15 is 0 Å². The maximum Gasteiger partial charge on any atom is 0.273 e. The Morgan fingerprint density at radius 3 is 2.50 bits per heavy atom. The van der Waals surface area contributed by atoms with Crippen LogP contribution in [-0.2, 0) is 6.54 Å². The number of nitrogens with one attached hydrogen (secondary N) is 1. The van der Waals surface area contributed by atoms with Crippen LogP contribution in [-0.4, -0.2) is 36.5 Å². The lowest BCUT2D eigenvalue weighted by molar-refractivity contribution is -0.385. The van der Waals surface area contributed by atoms with Crippen LogP contribution in [0.2, 0.25) is 0 Å². The van der Waals surface area contributed by atoms with E-state index in [1.165, 1.54) is 0 Å². The zero-order valence-corrected chi connectivity index (χ0v) is 12.8.